The van der Waals surface area contributed by atoms with E-state index >= 15 is 0 Å². The molecule has 0 aromatic heterocycles. The molecule has 18 heavy (non-hydrogen) atoms. The Kier molecular flexibility index (Phi) is 2.95. The number of benzene rings is 2. The molecule has 0 amide bonds. The largest absolute Gasteiger partial charge is 0.0642 e. The Bertz CT molecular complexity index is 527. The second-order valence-corrected chi connectivity index (χ2v) is 5.31. The van der Waals surface area contributed by atoms with Gasteiger partial charge in [0, 0.05) is 5.41 Å². The van der Waals surface area contributed by atoms with Gasteiger partial charge in [0.1, 0.15) is 0 Å². The van der Waals surface area contributed by atoms with Crippen LogP contribution in [0.5, 0.6) is 0 Å². The highest BCUT2D eigenvalue weighted by atomic mass is 14.4. The molecular formula is C18H20. The maximum atomic E-state index is 2.34. The molecular weight excluding hydrogens is 216 g/mol. The predicted molar refractivity (Wildman–Crippen MR) is 76.9 cm³/mol. The summed E-state index contributed by atoms with van der Waals surface area (Å²) in [6.07, 6.45) is 5.02. The quantitative estimate of drug-likeness (QED) is 0.708. The minimum absolute atomic E-state index is 0.246. The van der Waals surface area contributed by atoms with Crippen LogP contribution in [0.15, 0.2) is 54.6 Å². The van der Waals surface area contributed by atoms with Crippen LogP contribution < -0.4 is 0 Å². The van der Waals surface area contributed by atoms with Crippen molar-refractivity contribution < 1.29 is 0 Å². The Morgan fingerprint density at radius 2 is 1.67 bits per heavy atom. The van der Waals surface area contributed by atoms with E-state index in [4.69, 9.17) is 0 Å². The Labute approximate surface area is 110 Å². The van der Waals surface area contributed by atoms with Gasteiger partial charge in [-0.1, -0.05) is 61.5 Å². The molecule has 2 aromatic carbocycles. The van der Waals surface area contributed by atoms with E-state index in [-0.39, 0.29) is 5.41 Å². The van der Waals surface area contributed by atoms with Gasteiger partial charge in [-0.3, -0.25) is 0 Å². The van der Waals surface area contributed by atoms with Crippen molar-refractivity contribution in [1.29, 1.82) is 0 Å². The molecule has 0 N–H and O–H groups in total. The van der Waals surface area contributed by atoms with Gasteiger partial charge < -0.3 is 0 Å². The zero-order valence-electron chi connectivity index (χ0n) is 11.0. The lowest BCUT2D eigenvalue weighted by Crippen LogP contribution is -2.31. The Morgan fingerprint density at radius 1 is 0.944 bits per heavy atom. The van der Waals surface area contributed by atoms with Crippen LogP contribution in [0.25, 0.3) is 0 Å². The highest BCUT2D eigenvalue weighted by Crippen LogP contribution is 2.44. The summed E-state index contributed by atoms with van der Waals surface area (Å²) in [5.41, 5.74) is 4.84. The van der Waals surface area contributed by atoms with E-state index in [1.165, 1.54) is 31.2 Å². The third kappa shape index (κ3) is 1.68. The van der Waals surface area contributed by atoms with Crippen molar-refractivity contribution in [3.05, 3.63) is 71.3 Å². The van der Waals surface area contributed by atoms with Crippen molar-refractivity contribution in [1.82, 2.24) is 0 Å². The van der Waals surface area contributed by atoms with Crippen molar-refractivity contribution in [2.75, 3.05) is 0 Å². The van der Waals surface area contributed by atoms with Crippen LogP contribution in [0, 0.1) is 0 Å². The Balaban J connectivity index is 2.19. The summed E-state index contributed by atoms with van der Waals surface area (Å²) in [5, 5.41) is 0. The number of aryl methyl sites for hydroxylation is 1. The van der Waals surface area contributed by atoms with Crippen molar-refractivity contribution in [2.24, 2.45) is 0 Å². The Hall–Kier alpha value is -1.56. The minimum Gasteiger partial charge on any atom is -0.0642 e. The second kappa shape index (κ2) is 4.61. The van der Waals surface area contributed by atoms with Gasteiger partial charge in [-0.25, -0.2) is 0 Å². The van der Waals surface area contributed by atoms with Gasteiger partial charge in [-0.15, -0.1) is 0 Å². The highest BCUT2D eigenvalue weighted by molar-refractivity contribution is 5.45. The van der Waals surface area contributed by atoms with E-state index in [2.05, 4.69) is 61.5 Å². The van der Waals surface area contributed by atoms with Crippen LogP contribution in [0.2, 0.25) is 0 Å². The molecule has 0 heterocycles. The highest BCUT2D eigenvalue weighted by Gasteiger charge is 2.35. The van der Waals surface area contributed by atoms with Gasteiger partial charge in [0.05, 0.1) is 0 Å². The molecule has 1 aliphatic rings. The molecule has 0 bridgehead atoms. The summed E-state index contributed by atoms with van der Waals surface area (Å²) in [6.45, 7) is 2.33. The van der Waals surface area contributed by atoms with E-state index < -0.39 is 0 Å². The lowest BCUT2D eigenvalue weighted by Gasteiger charge is -2.39. The molecule has 0 saturated heterocycles. The second-order valence-electron chi connectivity index (χ2n) is 5.31. The van der Waals surface area contributed by atoms with Crippen LogP contribution in [-0.2, 0) is 11.8 Å². The van der Waals surface area contributed by atoms with E-state index in [1.54, 1.807) is 11.1 Å². The van der Waals surface area contributed by atoms with Crippen LogP contribution >= 0.6 is 0 Å². The molecule has 0 radical (unpaired) electrons. The van der Waals surface area contributed by atoms with Crippen molar-refractivity contribution in [3.63, 3.8) is 0 Å². The molecule has 2 aromatic rings. The van der Waals surface area contributed by atoms with Gasteiger partial charge in [0.2, 0.25) is 0 Å². The molecule has 3 rings (SSSR count). The van der Waals surface area contributed by atoms with E-state index in [0.29, 0.717) is 0 Å². The summed E-state index contributed by atoms with van der Waals surface area (Å²) in [6, 6.07) is 20.1. The van der Waals surface area contributed by atoms with Gasteiger partial charge in [-0.2, -0.15) is 0 Å². The maximum absolute atomic E-state index is 2.34. The number of hydrogen-bond donors (Lipinski definition) is 0. The zero-order chi connectivity index (χ0) is 12.4. The Morgan fingerprint density at radius 3 is 2.44 bits per heavy atom. The van der Waals surface area contributed by atoms with E-state index in [0.717, 1.165) is 0 Å². The fraction of sp³-hybridized carbons (Fsp3) is 0.333. The van der Waals surface area contributed by atoms with E-state index in [1.807, 2.05) is 0 Å². The number of rotatable bonds is 2. The van der Waals surface area contributed by atoms with Crippen molar-refractivity contribution in [3.8, 4) is 0 Å². The molecule has 0 fully saturated rings. The number of hydrogen-bond acceptors (Lipinski definition) is 0. The monoisotopic (exact) mass is 236 g/mol. The van der Waals surface area contributed by atoms with E-state index in [9.17, 15) is 0 Å². The van der Waals surface area contributed by atoms with Gasteiger partial charge in [0.25, 0.3) is 0 Å². The fourth-order valence-corrected chi connectivity index (χ4v) is 3.55. The molecule has 1 aliphatic carbocycles. The first kappa shape index (κ1) is 11.5. The predicted octanol–water partition coefficient (Wildman–Crippen LogP) is 4.72. The van der Waals surface area contributed by atoms with Gasteiger partial charge in [-0.05, 0) is 42.4 Å². The molecule has 0 heteroatoms. The van der Waals surface area contributed by atoms with Gasteiger partial charge in [0.15, 0.2) is 0 Å². The molecule has 1 atom stereocenters. The van der Waals surface area contributed by atoms with Gasteiger partial charge >= 0.3 is 0 Å². The minimum atomic E-state index is 0.246. The van der Waals surface area contributed by atoms with Crippen LogP contribution in [-0.4, -0.2) is 0 Å². The third-order valence-corrected chi connectivity index (χ3v) is 4.51. The summed E-state index contributed by atoms with van der Waals surface area (Å²) < 4.78 is 0. The number of fused-ring (bicyclic) bond motifs is 1. The summed E-state index contributed by atoms with van der Waals surface area (Å²) in [5.74, 6) is 0. The molecule has 0 saturated carbocycles. The summed E-state index contributed by atoms with van der Waals surface area (Å²) >= 11 is 0. The smallest absolute Gasteiger partial charge is 0.0203 e. The SMILES string of the molecule is CCC1(c2ccccc2)CCCc2ccccc21. The fourth-order valence-electron chi connectivity index (χ4n) is 3.55. The third-order valence-electron chi connectivity index (χ3n) is 4.51. The molecule has 0 spiro atoms. The van der Waals surface area contributed by atoms with Crippen molar-refractivity contribution >= 4 is 0 Å². The molecule has 0 aliphatic heterocycles. The average Bonchev–Trinajstić information content (AvgIpc) is 2.47. The summed E-state index contributed by atoms with van der Waals surface area (Å²) in [4.78, 5) is 0. The first-order valence-electron chi connectivity index (χ1n) is 7.01. The zero-order valence-corrected chi connectivity index (χ0v) is 11.0. The first-order valence-corrected chi connectivity index (χ1v) is 7.01. The summed E-state index contributed by atoms with van der Waals surface area (Å²) in [7, 11) is 0. The maximum Gasteiger partial charge on any atom is 0.0203 e. The van der Waals surface area contributed by atoms with Crippen LogP contribution in [0.1, 0.15) is 42.9 Å². The lowest BCUT2D eigenvalue weighted by atomic mass is 9.64. The molecule has 92 valence electrons. The normalized spacial score (nSPS) is 22.5. The first-order chi connectivity index (χ1) is 8.87. The van der Waals surface area contributed by atoms with Crippen molar-refractivity contribution in [2.45, 2.75) is 38.0 Å². The lowest BCUT2D eigenvalue weighted by molar-refractivity contribution is 0.414. The average molecular weight is 236 g/mol. The topological polar surface area (TPSA) is 0 Å². The molecule has 1 unspecified atom stereocenters. The van der Waals surface area contributed by atoms with Crippen LogP contribution in [0.4, 0.5) is 0 Å². The van der Waals surface area contributed by atoms with Crippen LogP contribution in [0.3, 0.4) is 0 Å². The standard InChI is InChI=1S/C18H20/c1-2-18(16-11-4-3-5-12-16)14-8-10-15-9-6-7-13-17(15)18/h3-7,9,11-13H,2,8,10,14H2,1H3. The molecule has 0 nitrogen and oxygen atoms in total.